The summed E-state index contributed by atoms with van der Waals surface area (Å²) in [5, 5.41) is 5.02. The van der Waals surface area contributed by atoms with Gasteiger partial charge in [0.25, 0.3) is 5.91 Å². The standard InChI is InChI=1S/C16H19N5O2S/c17-15(23)12-4-10-24-16(12)19-14(22)11-20-6-8-21(9-7-20)13-3-1-2-5-18-13/h1-5,10H,6-9,11H2,(H2,17,23)(H,19,22). The molecule has 1 fully saturated rings. The molecule has 1 aliphatic heterocycles. The van der Waals surface area contributed by atoms with E-state index in [9.17, 15) is 9.59 Å². The zero-order valence-electron chi connectivity index (χ0n) is 13.1. The van der Waals surface area contributed by atoms with Crippen molar-refractivity contribution < 1.29 is 9.59 Å². The van der Waals surface area contributed by atoms with Gasteiger partial charge in [-0.1, -0.05) is 6.07 Å². The van der Waals surface area contributed by atoms with E-state index in [1.54, 1.807) is 17.6 Å². The third-order valence-electron chi connectivity index (χ3n) is 3.90. The van der Waals surface area contributed by atoms with E-state index in [-0.39, 0.29) is 5.91 Å². The fourth-order valence-corrected chi connectivity index (χ4v) is 3.45. The fraction of sp³-hybridized carbons (Fsp3) is 0.312. The number of carbonyl (C=O) groups excluding carboxylic acids is 2. The summed E-state index contributed by atoms with van der Waals surface area (Å²) in [5.41, 5.74) is 5.64. The van der Waals surface area contributed by atoms with E-state index in [4.69, 9.17) is 5.73 Å². The van der Waals surface area contributed by atoms with Crippen molar-refractivity contribution in [2.45, 2.75) is 0 Å². The van der Waals surface area contributed by atoms with Crippen LogP contribution in [-0.4, -0.2) is 54.4 Å². The maximum atomic E-state index is 12.2. The van der Waals surface area contributed by atoms with Crippen LogP contribution in [0.25, 0.3) is 0 Å². The summed E-state index contributed by atoms with van der Waals surface area (Å²) < 4.78 is 0. The van der Waals surface area contributed by atoms with Crippen molar-refractivity contribution in [2.24, 2.45) is 5.73 Å². The van der Waals surface area contributed by atoms with Gasteiger partial charge < -0.3 is 16.0 Å². The Morgan fingerprint density at radius 3 is 2.67 bits per heavy atom. The highest BCUT2D eigenvalue weighted by Crippen LogP contribution is 2.22. The van der Waals surface area contributed by atoms with E-state index in [1.165, 1.54) is 11.3 Å². The third kappa shape index (κ3) is 3.90. The molecule has 126 valence electrons. The molecular formula is C16H19N5O2S. The predicted molar refractivity (Wildman–Crippen MR) is 94.4 cm³/mol. The summed E-state index contributed by atoms with van der Waals surface area (Å²) in [6, 6.07) is 7.48. The summed E-state index contributed by atoms with van der Waals surface area (Å²) in [6.07, 6.45) is 1.78. The Morgan fingerprint density at radius 2 is 2.00 bits per heavy atom. The molecule has 0 aliphatic carbocycles. The number of amides is 2. The van der Waals surface area contributed by atoms with Gasteiger partial charge in [-0.05, 0) is 23.6 Å². The molecule has 24 heavy (non-hydrogen) atoms. The molecule has 1 saturated heterocycles. The van der Waals surface area contributed by atoms with Gasteiger partial charge >= 0.3 is 0 Å². The Balaban J connectivity index is 1.50. The van der Waals surface area contributed by atoms with Crippen LogP contribution < -0.4 is 16.0 Å². The first-order valence-electron chi connectivity index (χ1n) is 7.69. The lowest BCUT2D eigenvalue weighted by Gasteiger charge is -2.34. The first-order valence-corrected chi connectivity index (χ1v) is 8.57. The summed E-state index contributed by atoms with van der Waals surface area (Å²) in [4.78, 5) is 32.1. The number of anilines is 2. The lowest BCUT2D eigenvalue weighted by atomic mass is 10.3. The van der Waals surface area contributed by atoms with Crippen LogP contribution in [0.3, 0.4) is 0 Å². The van der Waals surface area contributed by atoms with Gasteiger partial charge in [-0.15, -0.1) is 11.3 Å². The number of nitrogens with two attached hydrogens (primary N) is 1. The number of piperazine rings is 1. The number of nitrogens with one attached hydrogen (secondary N) is 1. The molecule has 3 rings (SSSR count). The van der Waals surface area contributed by atoms with Gasteiger partial charge in [0.05, 0.1) is 12.1 Å². The van der Waals surface area contributed by atoms with Crippen LogP contribution in [0.15, 0.2) is 35.8 Å². The highest BCUT2D eigenvalue weighted by Gasteiger charge is 2.20. The van der Waals surface area contributed by atoms with Crippen molar-refractivity contribution in [2.75, 3.05) is 42.9 Å². The number of hydrogen-bond acceptors (Lipinski definition) is 6. The molecule has 0 saturated carbocycles. The van der Waals surface area contributed by atoms with Gasteiger partial charge in [-0.3, -0.25) is 14.5 Å². The maximum absolute atomic E-state index is 12.2. The van der Waals surface area contributed by atoms with Gasteiger partial charge in [-0.25, -0.2) is 4.98 Å². The number of carbonyl (C=O) groups is 2. The number of nitrogens with zero attached hydrogens (tertiary/aromatic N) is 3. The van der Waals surface area contributed by atoms with Gasteiger partial charge in [0.2, 0.25) is 5.91 Å². The number of pyridine rings is 1. The number of thiophene rings is 1. The molecule has 8 heteroatoms. The fourth-order valence-electron chi connectivity index (χ4n) is 2.65. The van der Waals surface area contributed by atoms with Crippen molar-refractivity contribution in [1.29, 1.82) is 0 Å². The second-order valence-corrected chi connectivity index (χ2v) is 6.44. The molecule has 2 aromatic rings. The van der Waals surface area contributed by atoms with E-state index < -0.39 is 5.91 Å². The topological polar surface area (TPSA) is 91.6 Å². The minimum Gasteiger partial charge on any atom is -0.366 e. The molecule has 0 spiro atoms. The highest BCUT2D eigenvalue weighted by atomic mass is 32.1. The monoisotopic (exact) mass is 345 g/mol. The van der Waals surface area contributed by atoms with Crippen LogP contribution in [0.5, 0.6) is 0 Å². The zero-order chi connectivity index (χ0) is 16.9. The molecule has 0 atom stereocenters. The van der Waals surface area contributed by atoms with Crippen molar-refractivity contribution in [3.05, 3.63) is 41.4 Å². The van der Waals surface area contributed by atoms with Gasteiger partial charge in [0.15, 0.2) is 0 Å². The van der Waals surface area contributed by atoms with Crippen LogP contribution in [0, 0.1) is 0 Å². The Morgan fingerprint density at radius 1 is 1.21 bits per heavy atom. The smallest absolute Gasteiger partial charge is 0.251 e. The summed E-state index contributed by atoms with van der Waals surface area (Å²) >= 11 is 1.30. The van der Waals surface area contributed by atoms with E-state index in [0.717, 1.165) is 32.0 Å². The third-order valence-corrected chi connectivity index (χ3v) is 4.73. The molecule has 0 bridgehead atoms. The minimum absolute atomic E-state index is 0.133. The van der Waals surface area contributed by atoms with Crippen LogP contribution >= 0.6 is 11.3 Å². The minimum atomic E-state index is -0.532. The lowest BCUT2D eigenvalue weighted by molar-refractivity contribution is -0.117. The molecule has 1 aliphatic rings. The largest absolute Gasteiger partial charge is 0.366 e. The quantitative estimate of drug-likeness (QED) is 0.844. The van der Waals surface area contributed by atoms with Crippen LogP contribution in [0.2, 0.25) is 0 Å². The van der Waals surface area contributed by atoms with E-state index in [2.05, 4.69) is 20.1 Å². The highest BCUT2D eigenvalue weighted by molar-refractivity contribution is 7.14. The Labute approximate surface area is 144 Å². The predicted octanol–water partition coefficient (Wildman–Crippen LogP) is 1.00. The number of hydrogen-bond donors (Lipinski definition) is 2. The zero-order valence-corrected chi connectivity index (χ0v) is 14.0. The van der Waals surface area contributed by atoms with Crippen LogP contribution in [0.1, 0.15) is 10.4 Å². The summed E-state index contributed by atoms with van der Waals surface area (Å²) in [7, 11) is 0. The van der Waals surface area contributed by atoms with Crippen molar-refractivity contribution in [1.82, 2.24) is 9.88 Å². The van der Waals surface area contributed by atoms with Crippen molar-refractivity contribution >= 4 is 34.0 Å². The SMILES string of the molecule is NC(=O)c1ccsc1NC(=O)CN1CCN(c2ccccn2)CC1. The van der Waals surface area contributed by atoms with E-state index >= 15 is 0 Å². The molecule has 0 aromatic carbocycles. The van der Waals surface area contributed by atoms with Gasteiger partial charge in [-0.2, -0.15) is 0 Å². The molecule has 0 radical (unpaired) electrons. The number of rotatable bonds is 5. The second-order valence-electron chi connectivity index (χ2n) is 5.53. The molecule has 3 N–H and O–H groups in total. The molecule has 7 nitrogen and oxygen atoms in total. The second kappa shape index (κ2) is 7.41. The molecule has 2 amide bonds. The van der Waals surface area contributed by atoms with Crippen LogP contribution in [0.4, 0.5) is 10.8 Å². The maximum Gasteiger partial charge on any atom is 0.251 e. The first kappa shape index (κ1) is 16.4. The number of aromatic nitrogens is 1. The summed E-state index contributed by atoms with van der Waals surface area (Å²) in [6.45, 7) is 3.53. The molecule has 3 heterocycles. The van der Waals surface area contributed by atoms with Gasteiger partial charge in [0.1, 0.15) is 10.8 Å². The molecule has 0 unspecified atom stereocenters. The lowest BCUT2D eigenvalue weighted by Crippen LogP contribution is -2.48. The molecular weight excluding hydrogens is 326 g/mol. The Kier molecular flexibility index (Phi) is 5.07. The summed E-state index contributed by atoms with van der Waals surface area (Å²) in [5.74, 6) is 0.299. The van der Waals surface area contributed by atoms with Crippen molar-refractivity contribution in [3.8, 4) is 0 Å². The van der Waals surface area contributed by atoms with E-state index in [0.29, 0.717) is 17.1 Å². The van der Waals surface area contributed by atoms with Gasteiger partial charge in [0, 0.05) is 32.4 Å². The number of primary amides is 1. The first-order chi connectivity index (χ1) is 11.6. The Hall–Kier alpha value is -2.45. The van der Waals surface area contributed by atoms with E-state index in [1.807, 2.05) is 18.2 Å². The van der Waals surface area contributed by atoms with Crippen molar-refractivity contribution in [3.63, 3.8) is 0 Å². The average Bonchev–Trinajstić information content (AvgIpc) is 3.04. The average molecular weight is 345 g/mol. The molecule has 2 aromatic heterocycles. The Bertz CT molecular complexity index is 710. The van der Waals surface area contributed by atoms with Crippen LogP contribution in [-0.2, 0) is 4.79 Å². The normalized spacial score (nSPS) is 15.2.